The Balaban J connectivity index is 3.62. The van der Waals surface area contributed by atoms with Gasteiger partial charge >= 0.3 is 0 Å². The molecule has 1 N–H and O–H groups in total. The van der Waals surface area contributed by atoms with Crippen LogP contribution in [-0.2, 0) is 14.4 Å². The normalized spacial score (nSPS) is 8.45. The van der Waals surface area contributed by atoms with Crippen LogP contribution in [0.25, 0.3) is 0 Å². The monoisotopic (exact) mass is 158 g/mol. The van der Waals surface area contributed by atoms with Gasteiger partial charge in [0, 0.05) is 7.05 Å². The molecule has 0 heterocycles. The fourth-order valence-electron chi connectivity index (χ4n) is 0.478. The Hall–Kier alpha value is -1.39. The molecule has 0 aromatic carbocycles. The molecule has 0 aliphatic carbocycles. The van der Waals surface area contributed by atoms with E-state index in [-0.39, 0.29) is 19.0 Å². The van der Waals surface area contributed by atoms with Gasteiger partial charge < -0.3 is 15.0 Å². The van der Waals surface area contributed by atoms with Crippen LogP contribution in [0.4, 0.5) is 0 Å². The second kappa shape index (κ2) is 5.40. The van der Waals surface area contributed by atoms with Gasteiger partial charge in [-0.2, -0.15) is 0 Å². The maximum absolute atomic E-state index is 10.8. The van der Waals surface area contributed by atoms with E-state index in [0.29, 0.717) is 12.7 Å². The van der Waals surface area contributed by atoms with Gasteiger partial charge in [-0.1, -0.05) is 0 Å². The first-order valence-electron chi connectivity index (χ1n) is 3.07. The van der Waals surface area contributed by atoms with Crippen molar-refractivity contribution in [1.29, 1.82) is 0 Å². The summed E-state index contributed by atoms with van der Waals surface area (Å²) < 4.78 is 0. The fraction of sp³-hybridized carbons (Fsp3) is 0.500. The molecule has 0 rings (SSSR count). The number of hydrogen-bond acceptors (Lipinski definition) is 3. The van der Waals surface area contributed by atoms with Crippen LogP contribution in [-0.4, -0.2) is 43.6 Å². The highest BCUT2D eigenvalue weighted by Gasteiger charge is 2.05. The minimum absolute atomic E-state index is 0.0549. The summed E-state index contributed by atoms with van der Waals surface area (Å²) in [4.78, 5) is 31.7. The summed E-state index contributed by atoms with van der Waals surface area (Å²) in [5.74, 6) is -0.288. The van der Waals surface area contributed by atoms with Crippen LogP contribution >= 0.6 is 0 Å². The van der Waals surface area contributed by atoms with E-state index in [1.165, 1.54) is 11.9 Å². The van der Waals surface area contributed by atoms with Gasteiger partial charge in [0.25, 0.3) is 0 Å². The third-order valence-electron chi connectivity index (χ3n) is 1.11. The molecule has 0 bridgehead atoms. The van der Waals surface area contributed by atoms with E-state index in [4.69, 9.17) is 0 Å². The van der Waals surface area contributed by atoms with Crippen LogP contribution in [0.3, 0.4) is 0 Å². The SMILES string of the molecule is CN(CC=O)C(=O)CNC=O. The van der Waals surface area contributed by atoms with Crippen molar-refractivity contribution in [2.24, 2.45) is 0 Å². The first-order valence-corrected chi connectivity index (χ1v) is 3.07. The Morgan fingerprint density at radius 2 is 2.18 bits per heavy atom. The van der Waals surface area contributed by atoms with Crippen molar-refractivity contribution in [2.75, 3.05) is 20.1 Å². The number of nitrogens with one attached hydrogen (secondary N) is 1. The zero-order valence-corrected chi connectivity index (χ0v) is 6.24. The van der Waals surface area contributed by atoms with Gasteiger partial charge in [-0.3, -0.25) is 9.59 Å². The average Bonchev–Trinajstić information content (AvgIpc) is 2.00. The van der Waals surface area contributed by atoms with Crippen molar-refractivity contribution in [2.45, 2.75) is 0 Å². The molecule has 0 unspecified atom stereocenters. The first kappa shape index (κ1) is 9.61. The third kappa shape index (κ3) is 4.07. The van der Waals surface area contributed by atoms with Gasteiger partial charge in [0.05, 0.1) is 13.1 Å². The van der Waals surface area contributed by atoms with E-state index < -0.39 is 0 Å². The maximum atomic E-state index is 10.8. The van der Waals surface area contributed by atoms with Crippen LogP contribution in [0.1, 0.15) is 0 Å². The van der Waals surface area contributed by atoms with Gasteiger partial charge in [0.1, 0.15) is 6.29 Å². The largest absolute Gasteiger partial charge is 0.350 e. The zero-order chi connectivity index (χ0) is 8.69. The molecule has 2 amide bonds. The summed E-state index contributed by atoms with van der Waals surface area (Å²) in [7, 11) is 1.49. The van der Waals surface area contributed by atoms with E-state index in [2.05, 4.69) is 5.32 Å². The third-order valence-corrected chi connectivity index (χ3v) is 1.11. The lowest BCUT2D eigenvalue weighted by molar-refractivity contribution is -0.131. The fourth-order valence-corrected chi connectivity index (χ4v) is 0.478. The summed E-state index contributed by atoms with van der Waals surface area (Å²) in [5.41, 5.74) is 0. The lowest BCUT2D eigenvalue weighted by Crippen LogP contribution is -2.35. The highest BCUT2D eigenvalue weighted by atomic mass is 16.2. The Labute approximate surface area is 64.4 Å². The van der Waals surface area contributed by atoms with E-state index in [1.54, 1.807) is 0 Å². The average molecular weight is 158 g/mol. The number of aldehydes is 1. The molecule has 0 aliphatic rings. The van der Waals surface area contributed by atoms with E-state index in [9.17, 15) is 14.4 Å². The van der Waals surface area contributed by atoms with Crippen molar-refractivity contribution >= 4 is 18.6 Å². The zero-order valence-electron chi connectivity index (χ0n) is 6.24. The van der Waals surface area contributed by atoms with Crippen LogP contribution in [0, 0.1) is 0 Å². The molecule has 0 atom stereocenters. The van der Waals surface area contributed by atoms with Crippen LogP contribution in [0.2, 0.25) is 0 Å². The molecule has 0 saturated carbocycles. The van der Waals surface area contributed by atoms with Crippen molar-refractivity contribution < 1.29 is 14.4 Å². The molecule has 0 fully saturated rings. The van der Waals surface area contributed by atoms with Crippen molar-refractivity contribution in [1.82, 2.24) is 10.2 Å². The molecular formula is C6H10N2O3. The standard InChI is InChI=1S/C6H10N2O3/c1-8(2-3-9)6(11)4-7-5-10/h3,5H,2,4H2,1H3,(H,7,10). The summed E-state index contributed by atoms with van der Waals surface area (Å²) >= 11 is 0. The molecule has 5 heteroatoms. The Kier molecular flexibility index (Phi) is 4.72. The van der Waals surface area contributed by atoms with Gasteiger partial charge in [-0.05, 0) is 0 Å². The van der Waals surface area contributed by atoms with Crippen LogP contribution < -0.4 is 5.32 Å². The van der Waals surface area contributed by atoms with Gasteiger partial charge in [0.2, 0.25) is 12.3 Å². The molecule has 0 aromatic heterocycles. The highest BCUT2D eigenvalue weighted by molar-refractivity contribution is 5.81. The van der Waals surface area contributed by atoms with Gasteiger partial charge in [0.15, 0.2) is 0 Å². The number of nitrogens with zero attached hydrogens (tertiary/aromatic N) is 1. The summed E-state index contributed by atoms with van der Waals surface area (Å²) in [6.07, 6.45) is 1.06. The molecule has 5 nitrogen and oxygen atoms in total. The highest BCUT2D eigenvalue weighted by Crippen LogP contribution is 1.78. The van der Waals surface area contributed by atoms with E-state index in [0.717, 1.165) is 0 Å². The second-order valence-corrected chi connectivity index (χ2v) is 1.94. The Morgan fingerprint density at radius 1 is 1.55 bits per heavy atom. The maximum Gasteiger partial charge on any atom is 0.242 e. The molecule has 11 heavy (non-hydrogen) atoms. The van der Waals surface area contributed by atoms with Crippen molar-refractivity contribution in [3.05, 3.63) is 0 Å². The van der Waals surface area contributed by atoms with Crippen LogP contribution in [0.15, 0.2) is 0 Å². The second-order valence-electron chi connectivity index (χ2n) is 1.94. The molecule has 0 radical (unpaired) electrons. The predicted octanol–water partition coefficient (Wildman–Crippen LogP) is -1.61. The topological polar surface area (TPSA) is 66.5 Å². The summed E-state index contributed by atoms with van der Waals surface area (Å²) in [6.45, 7) is -0.00674. The van der Waals surface area contributed by atoms with Crippen LogP contribution in [0.5, 0.6) is 0 Å². The van der Waals surface area contributed by atoms with E-state index in [1.807, 2.05) is 0 Å². The number of carbonyl (C=O) groups is 3. The number of rotatable bonds is 5. The van der Waals surface area contributed by atoms with Crippen molar-refractivity contribution in [3.8, 4) is 0 Å². The predicted molar refractivity (Wildman–Crippen MR) is 37.8 cm³/mol. The van der Waals surface area contributed by atoms with Gasteiger partial charge in [-0.25, -0.2) is 0 Å². The number of likely N-dealkylation sites (N-methyl/N-ethyl adjacent to an activating group) is 1. The number of amides is 2. The minimum Gasteiger partial charge on any atom is -0.350 e. The number of hydrogen-bond donors (Lipinski definition) is 1. The molecule has 0 aromatic rings. The molecule has 0 aliphatic heterocycles. The Morgan fingerprint density at radius 3 is 2.64 bits per heavy atom. The summed E-state index contributed by atoms with van der Waals surface area (Å²) in [5, 5.41) is 2.20. The number of carbonyl (C=O) groups excluding carboxylic acids is 3. The smallest absolute Gasteiger partial charge is 0.242 e. The van der Waals surface area contributed by atoms with Crippen molar-refractivity contribution in [3.63, 3.8) is 0 Å². The van der Waals surface area contributed by atoms with E-state index >= 15 is 0 Å². The lowest BCUT2D eigenvalue weighted by atomic mass is 10.5. The lowest BCUT2D eigenvalue weighted by Gasteiger charge is -2.12. The molecular weight excluding hydrogens is 148 g/mol. The minimum atomic E-state index is -0.288. The quantitative estimate of drug-likeness (QED) is 0.489. The Bertz CT molecular complexity index is 158. The molecule has 0 spiro atoms. The molecule has 0 saturated heterocycles. The summed E-state index contributed by atoms with van der Waals surface area (Å²) in [6, 6.07) is 0. The van der Waals surface area contributed by atoms with Gasteiger partial charge in [-0.15, -0.1) is 0 Å². The first-order chi connectivity index (χ1) is 5.22. The molecule has 62 valence electrons.